The van der Waals surface area contributed by atoms with Crippen molar-refractivity contribution in [1.29, 1.82) is 0 Å². The Kier molecular flexibility index (Phi) is 8.96. The van der Waals surface area contributed by atoms with E-state index in [0.29, 0.717) is 42.3 Å². The van der Waals surface area contributed by atoms with Gasteiger partial charge in [-0.25, -0.2) is 4.98 Å². The molecule has 37 heavy (non-hydrogen) atoms. The average Bonchev–Trinajstić information content (AvgIpc) is 3.29. The number of hydrogen-bond donors (Lipinski definition) is 2. The average molecular weight is 517 g/mol. The standard InChI is InChI=1S/C30H33ClN4O2/c1-3-5-6-7-28(36)32-19-21-8-12-23(13-9-21)24-14-10-22(11-15-24)20-33-30(37)29-26(4-2)34-27-18-25(31)16-17-35(27)29/h8-18H,3-7,19-20H2,1-2H3,(H,32,36)(H,33,37). The van der Waals surface area contributed by atoms with Crippen LogP contribution in [0.15, 0.2) is 66.9 Å². The highest BCUT2D eigenvalue weighted by atomic mass is 35.5. The first-order valence-corrected chi connectivity index (χ1v) is 13.3. The third kappa shape index (κ3) is 6.77. The van der Waals surface area contributed by atoms with Crippen LogP contribution in [0.2, 0.25) is 5.02 Å². The summed E-state index contributed by atoms with van der Waals surface area (Å²) in [5.41, 5.74) is 6.24. The normalized spacial score (nSPS) is 11.0. The number of rotatable bonds is 11. The van der Waals surface area contributed by atoms with Gasteiger partial charge in [0, 0.05) is 36.8 Å². The smallest absolute Gasteiger partial charge is 0.270 e. The van der Waals surface area contributed by atoms with Gasteiger partial charge >= 0.3 is 0 Å². The maximum Gasteiger partial charge on any atom is 0.270 e. The molecule has 4 aromatic rings. The molecule has 2 amide bonds. The van der Waals surface area contributed by atoms with E-state index in [4.69, 9.17) is 11.6 Å². The number of halogens is 1. The molecule has 0 fully saturated rings. The monoisotopic (exact) mass is 516 g/mol. The van der Waals surface area contributed by atoms with Gasteiger partial charge in [0.05, 0.1) is 5.69 Å². The van der Waals surface area contributed by atoms with E-state index in [-0.39, 0.29) is 11.8 Å². The van der Waals surface area contributed by atoms with Crippen LogP contribution in [-0.2, 0) is 24.3 Å². The summed E-state index contributed by atoms with van der Waals surface area (Å²) < 4.78 is 1.78. The second kappa shape index (κ2) is 12.5. The third-order valence-electron chi connectivity index (χ3n) is 6.40. The molecule has 0 bridgehead atoms. The molecule has 6 nitrogen and oxygen atoms in total. The molecule has 0 radical (unpaired) electrons. The van der Waals surface area contributed by atoms with Gasteiger partial charge in [-0.15, -0.1) is 0 Å². The molecule has 0 aliphatic rings. The molecule has 2 aromatic heterocycles. The van der Waals surface area contributed by atoms with Gasteiger partial charge in [0.1, 0.15) is 11.3 Å². The van der Waals surface area contributed by atoms with Crippen molar-refractivity contribution in [3.05, 3.63) is 94.4 Å². The van der Waals surface area contributed by atoms with Crippen molar-refractivity contribution >= 4 is 29.1 Å². The van der Waals surface area contributed by atoms with Gasteiger partial charge in [0.15, 0.2) is 0 Å². The number of carbonyl (C=O) groups is 2. The summed E-state index contributed by atoms with van der Waals surface area (Å²) in [6.07, 6.45) is 6.16. The van der Waals surface area contributed by atoms with Gasteiger partial charge in [-0.2, -0.15) is 0 Å². The van der Waals surface area contributed by atoms with Crippen LogP contribution in [0.25, 0.3) is 16.8 Å². The Labute approximate surface area is 223 Å². The molecular weight excluding hydrogens is 484 g/mol. The first-order valence-electron chi connectivity index (χ1n) is 12.9. The molecule has 2 heterocycles. The van der Waals surface area contributed by atoms with Crippen LogP contribution in [0, 0.1) is 0 Å². The molecule has 4 rings (SSSR count). The zero-order chi connectivity index (χ0) is 26.2. The summed E-state index contributed by atoms with van der Waals surface area (Å²) in [5.74, 6) is -0.0549. The summed E-state index contributed by atoms with van der Waals surface area (Å²) in [6, 6.07) is 19.9. The highest BCUT2D eigenvalue weighted by Crippen LogP contribution is 2.21. The number of fused-ring (bicyclic) bond motifs is 1. The fourth-order valence-electron chi connectivity index (χ4n) is 4.28. The Morgan fingerprint density at radius 3 is 2.08 bits per heavy atom. The van der Waals surface area contributed by atoms with Crippen LogP contribution < -0.4 is 10.6 Å². The summed E-state index contributed by atoms with van der Waals surface area (Å²) in [6.45, 7) is 5.08. The molecule has 0 saturated heterocycles. The van der Waals surface area contributed by atoms with E-state index >= 15 is 0 Å². The van der Waals surface area contributed by atoms with Crippen LogP contribution in [0.5, 0.6) is 0 Å². The lowest BCUT2D eigenvalue weighted by Crippen LogP contribution is -2.25. The zero-order valence-electron chi connectivity index (χ0n) is 21.4. The van der Waals surface area contributed by atoms with E-state index in [1.807, 2.05) is 31.2 Å². The number of aryl methyl sites for hydroxylation is 1. The summed E-state index contributed by atoms with van der Waals surface area (Å²) in [7, 11) is 0. The van der Waals surface area contributed by atoms with Crippen LogP contribution >= 0.6 is 11.6 Å². The van der Waals surface area contributed by atoms with Crippen molar-refractivity contribution in [2.45, 2.75) is 59.0 Å². The van der Waals surface area contributed by atoms with Gasteiger partial charge in [0.25, 0.3) is 5.91 Å². The van der Waals surface area contributed by atoms with Crippen LogP contribution in [-0.4, -0.2) is 21.2 Å². The molecule has 192 valence electrons. The molecule has 0 aliphatic carbocycles. The molecule has 0 atom stereocenters. The van der Waals surface area contributed by atoms with E-state index in [2.05, 4.69) is 46.8 Å². The first-order chi connectivity index (χ1) is 18.0. The van der Waals surface area contributed by atoms with E-state index in [1.54, 1.807) is 22.7 Å². The number of nitrogens with zero attached hydrogens (tertiary/aromatic N) is 2. The molecule has 7 heteroatoms. The molecule has 2 aromatic carbocycles. The molecule has 0 aliphatic heterocycles. The minimum absolute atomic E-state index is 0.108. The number of carbonyl (C=O) groups excluding carboxylic acids is 2. The SMILES string of the molecule is CCCCCC(=O)NCc1ccc(-c2ccc(CNC(=O)c3c(CC)nc4cc(Cl)ccn34)cc2)cc1. The Morgan fingerprint density at radius 1 is 0.865 bits per heavy atom. The predicted molar refractivity (Wildman–Crippen MR) is 149 cm³/mol. The van der Waals surface area contributed by atoms with Gasteiger partial charge in [0.2, 0.25) is 5.91 Å². The summed E-state index contributed by atoms with van der Waals surface area (Å²) in [4.78, 5) is 29.5. The second-order valence-electron chi connectivity index (χ2n) is 9.14. The lowest BCUT2D eigenvalue weighted by atomic mass is 10.0. The zero-order valence-corrected chi connectivity index (χ0v) is 22.1. The highest BCUT2D eigenvalue weighted by molar-refractivity contribution is 6.30. The summed E-state index contributed by atoms with van der Waals surface area (Å²) in [5, 5.41) is 6.60. The second-order valence-corrected chi connectivity index (χ2v) is 9.58. The topological polar surface area (TPSA) is 75.5 Å². The number of pyridine rings is 1. The highest BCUT2D eigenvalue weighted by Gasteiger charge is 2.18. The van der Waals surface area contributed by atoms with E-state index in [0.717, 1.165) is 47.2 Å². The van der Waals surface area contributed by atoms with E-state index in [9.17, 15) is 9.59 Å². The number of benzene rings is 2. The van der Waals surface area contributed by atoms with Crippen molar-refractivity contribution in [3.63, 3.8) is 0 Å². The minimum atomic E-state index is -0.163. The van der Waals surface area contributed by atoms with E-state index in [1.165, 1.54) is 0 Å². The number of hydrogen-bond acceptors (Lipinski definition) is 3. The van der Waals surface area contributed by atoms with Crippen molar-refractivity contribution in [3.8, 4) is 11.1 Å². The third-order valence-corrected chi connectivity index (χ3v) is 6.64. The Morgan fingerprint density at radius 2 is 1.49 bits per heavy atom. The van der Waals surface area contributed by atoms with Crippen molar-refractivity contribution < 1.29 is 9.59 Å². The van der Waals surface area contributed by atoms with Crippen LogP contribution in [0.3, 0.4) is 0 Å². The molecule has 0 saturated carbocycles. The number of aromatic nitrogens is 2. The molecular formula is C30H33ClN4O2. The fourth-order valence-corrected chi connectivity index (χ4v) is 4.43. The Balaban J connectivity index is 1.33. The van der Waals surface area contributed by atoms with Gasteiger partial charge in [-0.1, -0.05) is 86.8 Å². The van der Waals surface area contributed by atoms with Gasteiger partial charge in [-0.05, 0) is 41.2 Å². The maximum absolute atomic E-state index is 13.0. The number of amides is 2. The van der Waals surface area contributed by atoms with Crippen LogP contribution in [0.4, 0.5) is 0 Å². The Hall–Kier alpha value is -3.64. The lowest BCUT2D eigenvalue weighted by molar-refractivity contribution is -0.121. The number of unbranched alkanes of at least 4 members (excludes halogenated alkanes) is 2. The quantitative estimate of drug-likeness (QED) is 0.228. The molecule has 2 N–H and O–H groups in total. The number of imidazole rings is 1. The van der Waals surface area contributed by atoms with Gasteiger partial charge < -0.3 is 10.6 Å². The van der Waals surface area contributed by atoms with Crippen LogP contribution in [0.1, 0.15) is 66.8 Å². The fraction of sp³-hybridized carbons (Fsp3) is 0.300. The van der Waals surface area contributed by atoms with Crippen molar-refractivity contribution in [2.75, 3.05) is 0 Å². The van der Waals surface area contributed by atoms with E-state index < -0.39 is 0 Å². The molecule has 0 spiro atoms. The largest absolute Gasteiger partial charge is 0.352 e. The predicted octanol–water partition coefficient (Wildman–Crippen LogP) is 6.34. The van der Waals surface area contributed by atoms with Crippen molar-refractivity contribution in [2.24, 2.45) is 0 Å². The van der Waals surface area contributed by atoms with Crippen molar-refractivity contribution in [1.82, 2.24) is 20.0 Å². The van der Waals surface area contributed by atoms with Gasteiger partial charge in [-0.3, -0.25) is 14.0 Å². The molecule has 0 unspecified atom stereocenters. The maximum atomic E-state index is 13.0. The summed E-state index contributed by atoms with van der Waals surface area (Å²) >= 11 is 6.08. The first kappa shape index (κ1) is 26.4. The minimum Gasteiger partial charge on any atom is -0.352 e. The lowest BCUT2D eigenvalue weighted by Gasteiger charge is -2.09. The Bertz CT molecular complexity index is 1360. The number of nitrogens with one attached hydrogen (secondary N) is 2.